The summed E-state index contributed by atoms with van der Waals surface area (Å²) in [6, 6.07) is 10.8. The van der Waals surface area contributed by atoms with Crippen LogP contribution in [0.2, 0.25) is 0 Å². The number of nitrogens with one attached hydrogen (secondary N) is 2. The zero-order chi connectivity index (χ0) is 17.2. The molecule has 1 aromatic carbocycles. The van der Waals surface area contributed by atoms with E-state index in [4.69, 9.17) is 5.26 Å². The maximum Gasteiger partial charge on any atom is 0.229 e. The molecular formula is C16H17N5O2S. The average Bonchev–Trinajstić information content (AvgIpc) is 2.86. The third-order valence-electron chi connectivity index (χ3n) is 3.73. The smallest absolute Gasteiger partial charge is 0.229 e. The molecule has 1 fully saturated rings. The first-order valence-corrected chi connectivity index (χ1v) is 9.36. The third-order valence-corrected chi connectivity index (χ3v) is 5.50. The molecule has 3 rings (SSSR count). The lowest BCUT2D eigenvalue weighted by Crippen LogP contribution is -2.21. The second-order valence-corrected chi connectivity index (χ2v) is 7.97. The second-order valence-electron chi connectivity index (χ2n) is 5.74. The highest BCUT2D eigenvalue weighted by atomic mass is 32.2. The monoisotopic (exact) mass is 343 g/mol. The van der Waals surface area contributed by atoms with Gasteiger partial charge in [-0.15, -0.1) is 0 Å². The molecule has 0 spiro atoms. The SMILES string of the molecule is Cc1cc(NC2CCS(=O)(=O)C2)nc(Nc2ccccc2C#N)n1. The maximum absolute atomic E-state index is 11.6. The Hall–Kier alpha value is -2.66. The quantitative estimate of drug-likeness (QED) is 0.874. The van der Waals surface area contributed by atoms with E-state index in [0.717, 1.165) is 5.69 Å². The predicted molar refractivity (Wildman–Crippen MR) is 91.9 cm³/mol. The highest BCUT2D eigenvalue weighted by molar-refractivity contribution is 7.91. The van der Waals surface area contributed by atoms with E-state index in [-0.39, 0.29) is 17.5 Å². The van der Waals surface area contributed by atoms with Crippen LogP contribution in [0.15, 0.2) is 30.3 Å². The predicted octanol–water partition coefficient (Wildman–Crippen LogP) is 2.00. The molecule has 1 unspecified atom stereocenters. The number of hydrogen-bond acceptors (Lipinski definition) is 7. The molecule has 0 bridgehead atoms. The van der Waals surface area contributed by atoms with Gasteiger partial charge in [-0.25, -0.2) is 13.4 Å². The number of anilines is 3. The Labute approximate surface area is 140 Å². The van der Waals surface area contributed by atoms with Crippen LogP contribution in [0.3, 0.4) is 0 Å². The zero-order valence-electron chi connectivity index (χ0n) is 13.2. The summed E-state index contributed by atoms with van der Waals surface area (Å²) < 4.78 is 23.1. The number of sulfone groups is 1. The molecule has 2 heterocycles. The zero-order valence-corrected chi connectivity index (χ0v) is 14.0. The van der Waals surface area contributed by atoms with E-state index in [0.29, 0.717) is 29.4 Å². The minimum absolute atomic E-state index is 0.121. The number of para-hydroxylation sites is 1. The van der Waals surface area contributed by atoms with Crippen molar-refractivity contribution in [1.82, 2.24) is 9.97 Å². The first-order valence-electron chi connectivity index (χ1n) is 7.54. The van der Waals surface area contributed by atoms with Crippen LogP contribution in [0.1, 0.15) is 17.7 Å². The Kier molecular flexibility index (Phi) is 4.36. The molecule has 1 aliphatic rings. The Morgan fingerprint density at radius 2 is 2.08 bits per heavy atom. The molecule has 7 nitrogen and oxygen atoms in total. The van der Waals surface area contributed by atoms with Crippen molar-refractivity contribution in [3.63, 3.8) is 0 Å². The van der Waals surface area contributed by atoms with E-state index >= 15 is 0 Å². The molecule has 1 aliphatic heterocycles. The van der Waals surface area contributed by atoms with Gasteiger partial charge in [-0.1, -0.05) is 12.1 Å². The fraction of sp³-hybridized carbons (Fsp3) is 0.312. The number of benzene rings is 1. The minimum atomic E-state index is -2.95. The molecule has 2 aromatic rings. The topological polar surface area (TPSA) is 108 Å². The van der Waals surface area contributed by atoms with Crippen molar-refractivity contribution >= 4 is 27.3 Å². The van der Waals surface area contributed by atoms with E-state index in [2.05, 4.69) is 26.7 Å². The van der Waals surface area contributed by atoms with Crippen LogP contribution < -0.4 is 10.6 Å². The molecule has 1 aromatic heterocycles. The summed E-state index contributed by atoms with van der Waals surface area (Å²) in [7, 11) is -2.95. The number of nitriles is 1. The van der Waals surface area contributed by atoms with E-state index < -0.39 is 9.84 Å². The van der Waals surface area contributed by atoms with Crippen LogP contribution in [-0.4, -0.2) is 35.9 Å². The van der Waals surface area contributed by atoms with Crippen LogP contribution in [0.25, 0.3) is 0 Å². The van der Waals surface area contributed by atoms with Crippen molar-refractivity contribution in [2.75, 3.05) is 22.1 Å². The molecule has 1 saturated heterocycles. The van der Waals surface area contributed by atoms with Crippen LogP contribution >= 0.6 is 0 Å². The van der Waals surface area contributed by atoms with Gasteiger partial charge < -0.3 is 10.6 Å². The van der Waals surface area contributed by atoms with Crippen LogP contribution in [0.4, 0.5) is 17.5 Å². The Morgan fingerprint density at radius 3 is 2.79 bits per heavy atom. The van der Waals surface area contributed by atoms with Crippen molar-refractivity contribution < 1.29 is 8.42 Å². The molecule has 0 aliphatic carbocycles. The average molecular weight is 343 g/mol. The standard InChI is InChI=1S/C16H17N5O2S/c1-11-8-15(19-13-6-7-24(22,23)10-13)21-16(18-11)20-14-5-3-2-4-12(14)9-17/h2-5,8,13H,6-7,10H2,1H3,(H2,18,19,20,21). The van der Waals surface area contributed by atoms with Gasteiger partial charge in [0.05, 0.1) is 22.8 Å². The second kappa shape index (κ2) is 6.45. The minimum Gasteiger partial charge on any atom is -0.366 e. The van der Waals surface area contributed by atoms with Crippen LogP contribution in [-0.2, 0) is 9.84 Å². The molecule has 1 atom stereocenters. The van der Waals surface area contributed by atoms with Crippen molar-refractivity contribution in [2.24, 2.45) is 0 Å². The summed E-state index contributed by atoms with van der Waals surface area (Å²) in [5.74, 6) is 1.26. The van der Waals surface area contributed by atoms with Gasteiger partial charge in [0.1, 0.15) is 11.9 Å². The summed E-state index contributed by atoms with van der Waals surface area (Å²) >= 11 is 0. The highest BCUT2D eigenvalue weighted by Crippen LogP contribution is 2.21. The van der Waals surface area contributed by atoms with Crippen molar-refractivity contribution in [1.29, 1.82) is 5.26 Å². The summed E-state index contributed by atoms with van der Waals surface area (Å²) in [6.07, 6.45) is 0.575. The van der Waals surface area contributed by atoms with Gasteiger partial charge in [-0.2, -0.15) is 10.2 Å². The molecule has 8 heteroatoms. The van der Waals surface area contributed by atoms with E-state index in [1.54, 1.807) is 24.3 Å². The summed E-state index contributed by atoms with van der Waals surface area (Å²) in [5, 5.41) is 15.3. The number of rotatable bonds is 4. The largest absolute Gasteiger partial charge is 0.366 e. The molecule has 0 amide bonds. The number of aromatic nitrogens is 2. The molecule has 24 heavy (non-hydrogen) atoms. The molecule has 0 radical (unpaired) electrons. The van der Waals surface area contributed by atoms with Gasteiger partial charge in [0.15, 0.2) is 9.84 Å². The van der Waals surface area contributed by atoms with Gasteiger partial charge in [0, 0.05) is 17.8 Å². The van der Waals surface area contributed by atoms with E-state index in [1.807, 2.05) is 13.0 Å². The van der Waals surface area contributed by atoms with Crippen molar-refractivity contribution in [3.8, 4) is 6.07 Å². The van der Waals surface area contributed by atoms with E-state index in [1.165, 1.54) is 0 Å². The Morgan fingerprint density at radius 1 is 1.29 bits per heavy atom. The molecule has 0 saturated carbocycles. The third kappa shape index (κ3) is 3.81. The molecule has 124 valence electrons. The van der Waals surface area contributed by atoms with Crippen molar-refractivity contribution in [2.45, 2.75) is 19.4 Å². The van der Waals surface area contributed by atoms with Crippen molar-refractivity contribution in [3.05, 3.63) is 41.6 Å². The lowest BCUT2D eigenvalue weighted by molar-refractivity contribution is 0.602. The maximum atomic E-state index is 11.6. The summed E-state index contributed by atoms with van der Waals surface area (Å²) in [5.41, 5.74) is 1.87. The first-order chi connectivity index (χ1) is 11.4. The van der Waals surface area contributed by atoms with Crippen LogP contribution in [0.5, 0.6) is 0 Å². The van der Waals surface area contributed by atoms with Crippen LogP contribution in [0, 0.1) is 18.3 Å². The Bertz CT molecular complexity index is 905. The van der Waals surface area contributed by atoms with E-state index in [9.17, 15) is 8.42 Å². The number of aryl methyl sites for hydroxylation is 1. The fourth-order valence-electron chi connectivity index (χ4n) is 2.63. The fourth-order valence-corrected chi connectivity index (χ4v) is 4.30. The normalized spacial score (nSPS) is 18.8. The first kappa shape index (κ1) is 16.2. The van der Waals surface area contributed by atoms with Gasteiger partial charge in [0.25, 0.3) is 0 Å². The van der Waals surface area contributed by atoms with Gasteiger partial charge in [0.2, 0.25) is 5.95 Å². The number of hydrogen-bond donors (Lipinski definition) is 2. The summed E-state index contributed by atoms with van der Waals surface area (Å²) in [4.78, 5) is 8.70. The van der Waals surface area contributed by atoms with Gasteiger partial charge in [-0.3, -0.25) is 0 Å². The van der Waals surface area contributed by atoms with Gasteiger partial charge >= 0.3 is 0 Å². The highest BCUT2D eigenvalue weighted by Gasteiger charge is 2.28. The van der Waals surface area contributed by atoms with Gasteiger partial charge in [-0.05, 0) is 25.5 Å². The Balaban J connectivity index is 1.80. The molecular weight excluding hydrogens is 326 g/mol. The molecule has 2 N–H and O–H groups in total. The number of nitrogens with zero attached hydrogens (tertiary/aromatic N) is 3. The lowest BCUT2D eigenvalue weighted by atomic mass is 10.2. The summed E-state index contributed by atoms with van der Waals surface area (Å²) in [6.45, 7) is 1.83. The lowest BCUT2D eigenvalue weighted by Gasteiger charge is -2.14.